The highest BCUT2D eigenvalue weighted by molar-refractivity contribution is 5.85. The molecular formula is C13H27ClN2O2. The molecule has 0 bridgehead atoms. The normalized spacial score (nSPS) is 25.4. The average molecular weight is 279 g/mol. The van der Waals surface area contributed by atoms with Crippen LogP contribution in [0, 0.1) is 5.41 Å². The lowest BCUT2D eigenvalue weighted by molar-refractivity contribution is -0.151. The van der Waals surface area contributed by atoms with Crippen LogP contribution in [-0.2, 0) is 9.53 Å². The number of carbonyl (C=O) groups is 1. The zero-order valence-electron chi connectivity index (χ0n) is 12.2. The molecule has 1 fully saturated rings. The van der Waals surface area contributed by atoms with E-state index in [1.807, 2.05) is 13.8 Å². The molecule has 0 spiro atoms. The topological polar surface area (TPSA) is 41.6 Å². The largest absolute Gasteiger partial charge is 0.469 e. The molecule has 1 aliphatic heterocycles. The molecule has 18 heavy (non-hydrogen) atoms. The Morgan fingerprint density at radius 2 is 2.06 bits per heavy atom. The molecule has 2 atom stereocenters. The zero-order chi connectivity index (χ0) is 13.1. The van der Waals surface area contributed by atoms with Crippen LogP contribution >= 0.6 is 12.4 Å². The minimum absolute atomic E-state index is 0. The summed E-state index contributed by atoms with van der Waals surface area (Å²) in [4.78, 5) is 14.0. The molecule has 1 aliphatic rings. The predicted molar refractivity (Wildman–Crippen MR) is 76.2 cm³/mol. The Bertz CT molecular complexity index is 272. The molecule has 0 radical (unpaired) electrons. The lowest BCUT2D eigenvalue weighted by atomic mass is 9.89. The average Bonchev–Trinajstić information content (AvgIpc) is 2.29. The van der Waals surface area contributed by atoms with Crippen molar-refractivity contribution >= 4 is 18.4 Å². The number of rotatable bonds is 4. The first-order valence-corrected chi connectivity index (χ1v) is 6.42. The SMILES string of the molecule is COC(=O)C(C)(C)CCN1CC(C)NCC1C.Cl. The maximum Gasteiger partial charge on any atom is 0.311 e. The van der Waals surface area contributed by atoms with Gasteiger partial charge in [0.05, 0.1) is 12.5 Å². The number of esters is 1. The van der Waals surface area contributed by atoms with Gasteiger partial charge < -0.3 is 10.1 Å². The quantitative estimate of drug-likeness (QED) is 0.795. The summed E-state index contributed by atoms with van der Waals surface area (Å²) >= 11 is 0. The molecule has 4 nitrogen and oxygen atoms in total. The van der Waals surface area contributed by atoms with E-state index in [-0.39, 0.29) is 23.8 Å². The molecular weight excluding hydrogens is 252 g/mol. The molecule has 2 unspecified atom stereocenters. The predicted octanol–water partition coefficient (Wildman–Crippen LogP) is 1.68. The van der Waals surface area contributed by atoms with E-state index < -0.39 is 0 Å². The van der Waals surface area contributed by atoms with Crippen molar-refractivity contribution in [1.29, 1.82) is 0 Å². The summed E-state index contributed by atoms with van der Waals surface area (Å²) in [5, 5.41) is 3.46. The van der Waals surface area contributed by atoms with E-state index in [1.54, 1.807) is 0 Å². The van der Waals surface area contributed by atoms with Crippen LogP contribution in [0.3, 0.4) is 0 Å². The number of methoxy groups -OCH3 is 1. The second-order valence-corrected chi connectivity index (χ2v) is 5.78. The van der Waals surface area contributed by atoms with Gasteiger partial charge in [-0.3, -0.25) is 9.69 Å². The lowest BCUT2D eigenvalue weighted by Crippen LogP contribution is -2.54. The van der Waals surface area contributed by atoms with Gasteiger partial charge in [0, 0.05) is 25.2 Å². The molecule has 0 aromatic carbocycles. The monoisotopic (exact) mass is 278 g/mol. The Hall–Kier alpha value is -0.320. The zero-order valence-corrected chi connectivity index (χ0v) is 13.0. The van der Waals surface area contributed by atoms with Crippen LogP contribution in [0.4, 0.5) is 0 Å². The summed E-state index contributed by atoms with van der Waals surface area (Å²) in [6.45, 7) is 11.4. The molecule has 0 aromatic heterocycles. The Kier molecular flexibility index (Phi) is 7.18. The number of piperazine rings is 1. The molecule has 1 saturated heterocycles. The number of halogens is 1. The summed E-state index contributed by atoms with van der Waals surface area (Å²) < 4.78 is 4.83. The van der Waals surface area contributed by atoms with Gasteiger partial charge in [-0.15, -0.1) is 12.4 Å². The van der Waals surface area contributed by atoms with Crippen molar-refractivity contribution in [2.24, 2.45) is 5.41 Å². The van der Waals surface area contributed by atoms with Crippen molar-refractivity contribution in [3.63, 3.8) is 0 Å². The summed E-state index contributed by atoms with van der Waals surface area (Å²) in [6.07, 6.45) is 0.844. The molecule has 5 heteroatoms. The summed E-state index contributed by atoms with van der Waals surface area (Å²) in [5.74, 6) is -0.117. The highest BCUT2D eigenvalue weighted by Gasteiger charge is 2.31. The second-order valence-electron chi connectivity index (χ2n) is 5.78. The van der Waals surface area contributed by atoms with Gasteiger partial charge in [0.2, 0.25) is 0 Å². The standard InChI is InChI=1S/C13H26N2O2.ClH/c1-10-9-15(11(2)8-14-10)7-6-13(3,4)12(16)17-5;/h10-11,14H,6-9H2,1-5H3;1H. The number of nitrogens with zero attached hydrogens (tertiary/aromatic N) is 1. The molecule has 1 N–H and O–H groups in total. The van der Waals surface area contributed by atoms with E-state index in [2.05, 4.69) is 24.1 Å². The molecule has 0 aliphatic carbocycles. The lowest BCUT2D eigenvalue weighted by Gasteiger charge is -2.38. The van der Waals surface area contributed by atoms with E-state index in [0.29, 0.717) is 12.1 Å². The number of hydrogen-bond donors (Lipinski definition) is 1. The Balaban J connectivity index is 0.00000289. The Morgan fingerprint density at radius 1 is 1.44 bits per heavy atom. The number of carbonyl (C=O) groups excluding carboxylic acids is 1. The van der Waals surface area contributed by atoms with Crippen molar-refractivity contribution in [2.75, 3.05) is 26.7 Å². The Labute approximate surface area is 117 Å². The first kappa shape index (κ1) is 17.7. The Morgan fingerprint density at radius 3 is 2.61 bits per heavy atom. The van der Waals surface area contributed by atoms with E-state index in [9.17, 15) is 4.79 Å². The third kappa shape index (κ3) is 4.75. The molecule has 0 aromatic rings. The van der Waals surface area contributed by atoms with Crippen LogP contribution in [-0.4, -0.2) is 49.7 Å². The third-order valence-corrected chi connectivity index (χ3v) is 3.66. The highest BCUT2D eigenvalue weighted by Crippen LogP contribution is 2.23. The van der Waals surface area contributed by atoms with Crippen molar-refractivity contribution in [2.45, 2.75) is 46.2 Å². The van der Waals surface area contributed by atoms with Gasteiger partial charge >= 0.3 is 5.97 Å². The van der Waals surface area contributed by atoms with E-state index in [0.717, 1.165) is 26.1 Å². The van der Waals surface area contributed by atoms with E-state index in [1.165, 1.54) is 7.11 Å². The first-order chi connectivity index (χ1) is 7.86. The van der Waals surface area contributed by atoms with Gasteiger partial charge in [-0.2, -0.15) is 0 Å². The van der Waals surface area contributed by atoms with Gasteiger partial charge in [0.1, 0.15) is 0 Å². The van der Waals surface area contributed by atoms with Crippen molar-refractivity contribution in [1.82, 2.24) is 10.2 Å². The van der Waals surface area contributed by atoms with Gasteiger partial charge in [-0.25, -0.2) is 0 Å². The third-order valence-electron chi connectivity index (χ3n) is 3.66. The second kappa shape index (κ2) is 7.31. The van der Waals surface area contributed by atoms with Gasteiger partial charge in [0.15, 0.2) is 0 Å². The molecule has 0 amide bonds. The minimum atomic E-state index is -0.386. The van der Waals surface area contributed by atoms with Crippen LogP contribution in [0.2, 0.25) is 0 Å². The molecule has 0 saturated carbocycles. The molecule has 108 valence electrons. The molecule has 1 heterocycles. The van der Waals surface area contributed by atoms with Crippen molar-refractivity contribution in [3.05, 3.63) is 0 Å². The van der Waals surface area contributed by atoms with Crippen LogP contribution < -0.4 is 5.32 Å². The van der Waals surface area contributed by atoms with Gasteiger partial charge in [-0.05, 0) is 40.7 Å². The van der Waals surface area contributed by atoms with Gasteiger partial charge in [0.25, 0.3) is 0 Å². The van der Waals surface area contributed by atoms with Gasteiger partial charge in [-0.1, -0.05) is 0 Å². The number of ether oxygens (including phenoxy) is 1. The number of hydrogen-bond acceptors (Lipinski definition) is 4. The maximum atomic E-state index is 11.6. The van der Waals surface area contributed by atoms with Crippen molar-refractivity contribution < 1.29 is 9.53 Å². The maximum absolute atomic E-state index is 11.6. The van der Waals surface area contributed by atoms with E-state index >= 15 is 0 Å². The fourth-order valence-electron chi connectivity index (χ4n) is 2.21. The minimum Gasteiger partial charge on any atom is -0.469 e. The summed E-state index contributed by atoms with van der Waals surface area (Å²) in [5.41, 5.74) is -0.386. The summed E-state index contributed by atoms with van der Waals surface area (Å²) in [7, 11) is 1.46. The van der Waals surface area contributed by atoms with E-state index in [4.69, 9.17) is 4.74 Å². The fraction of sp³-hybridized carbons (Fsp3) is 0.923. The fourth-order valence-corrected chi connectivity index (χ4v) is 2.21. The first-order valence-electron chi connectivity index (χ1n) is 6.42. The molecule has 1 rings (SSSR count). The summed E-state index contributed by atoms with van der Waals surface area (Å²) in [6, 6.07) is 1.08. The van der Waals surface area contributed by atoms with Crippen LogP contribution in [0.25, 0.3) is 0 Å². The van der Waals surface area contributed by atoms with Crippen LogP contribution in [0.5, 0.6) is 0 Å². The van der Waals surface area contributed by atoms with Crippen molar-refractivity contribution in [3.8, 4) is 0 Å². The number of nitrogens with one attached hydrogen (secondary N) is 1. The highest BCUT2D eigenvalue weighted by atomic mass is 35.5. The van der Waals surface area contributed by atoms with Crippen LogP contribution in [0.15, 0.2) is 0 Å². The smallest absolute Gasteiger partial charge is 0.311 e. The van der Waals surface area contributed by atoms with Crippen LogP contribution in [0.1, 0.15) is 34.1 Å².